The summed E-state index contributed by atoms with van der Waals surface area (Å²) < 4.78 is 2.95. The molecule has 3 heterocycles. The van der Waals surface area contributed by atoms with Crippen molar-refractivity contribution >= 4 is 44.5 Å². The Balaban J connectivity index is 1.63. The molecule has 0 aliphatic carbocycles. The van der Waals surface area contributed by atoms with Gasteiger partial charge >= 0.3 is 0 Å². The topological polar surface area (TPSA) is 46.4 Å². The number of fused-ring (bicyclic) bond motifs is 1. The van der Waals surface area contributed by atoms with Crippen LogP contribution < -0.4 is 5.32 Å². The number of benzene rings is 1. The first-order chi connectivity index (χ1) is 11.7. The smallest absolute Gasteiger partial charge is 0.265 e. The Morgan fingerprint density at radius 3 is 2.67 bits per heavy atom. The van der Waals surface area contributed by atoms with Gasteiger partial charge in [0.1, 0.15) is 5.65 Å². The van der Waals surface area contributed by atoms with Crippen molar-refractivity contribution < 1.29 is 4.79 Å². The average Bonchev–Trinajstić information content (AvgIpc) is 3.24. The molecule has 0 saturated heterocycles. The Morgan fingerprint density at radius 1 is 1.08 bits per heavy atom. The molecule has 3 aromatic heterocycles. The zero-order valence-electron chi connectivity index (χ0n) is 12.4. The van der Waals surface area contributed by atoms with Crippen LogP contribution >= 0.6 is 27.3 Å². The van der Waals surface area contributed by atoms with Gasteiger partial charge in [0.05, 0.1) is 16.3 Å². The van der Waals surface area contributed by atoms with E-state index in [0.717, 1.165) is 27.1 Å². The number of anilines is 1. The molecule has 0 fully saturated rings. The summed E-state index contributed by atoms with van der Waals surface area (Å²) >= 11 is 4.86. The van der Waals surface area contributed by atoms with Gasteiger partial charge < -0.3 is 9.72 Å². The molecule has 1 amide bonds. The van der Waals surface area contributed by atoms with Gasteiger partial charge in [-0.15, -0.1) is 11.3 Å². The van der Waals surface area contributed by atoms with Crippen molar-refractivity contribution in [3.05, 3.63) is 75.7 Å². The normalized spacial score (nSPS) is 10.9. The molecule has 0 aliphatic rings. The summed E-state index contributed by atoms with van der Waals surface area (Å²) in [5.74, 6) is -0.0994. The minimum atomic E-state index is -0.0994. The lowest BCUT2D eigenvalue weighted by Crippen LogP contribution is -2.10. The van der Waals surface area contributed by atoms with E-state index in [0.29, 0.717) is 4.88 Å². The van der Waals surface area contributed by atoms with Crippen LogP contribution in [0, 0.1) is 0 Å². The minimum absolute atomic E-state index is 0.0994. The van der Waals surface area contributed by atoms with Crippen LogP contribution in [0.1, 0.15) is 9.67 Å². The number of carbonyl (C=O) groups is 1. The standard InChI is InChI=1S/C18H12BrN3OS/c19-13-5-3-12(4-6-13)15-11-22-10-14(7-8-17(22)21-15)20-18(23)16-2-1-9-24-16/h1-11H,(H,20,23). The van der Waals surface area contributed by atoms with Crippen LogP contribution in [-0.2, 0) is 0 Å². The number of hydrogen-bond donors (Lipinski definition) is 1. The molecule has 0 bridgehead atoms. The molecule has 1 aromatic carbocycles. The average molecular weight is 398 g/mol. The lowest BCUT2D eigenvalue weighted by atomic mass is 10.2. The van der Waals surface area contributed by atoms with Crippen LogP contribution in [0.15, 0.2) is 70.8 Å². The van der Waals surface area contributed by atoms with Gasteiger partial charge in [-0.3, -0.25) is 4.79 Å². The molecule has 0 radical (unpaired) electrons. The molecule has 4 nitrogen and oxygen atoms in total. The van der Waals surface area contributed by atoms with Crippen molar-refractivity contribution in [1.82, 2.24) is 9.38 Å². The largest absolute Gasteiger partial charge is 0.320 e. The highest BCUT2D eigenvalue weighted by atomic mass is 79.9. The Morgan fingerprint density at radius 2 is 1.92 bits per heavy atom. The van der Waals surface area contributed by atoms with Gasteiger partial charge in [-0.05, 0) is 35.7 Å². The second-order valence-corrected chi connectivity index (χ2v) is 7.11. The van der Waals surface area contributed by atoms with Crippen molar-refractivity contribution in [2.75, 3.05) is 5.32 Å². The van der Waals surface area contributed by atoms with Crippen molar-refractivity contribution in [3.8, 4) is 11.3 Å². The number of pyridine rings is 1. The number of nitrogens with zero attached hydrogens (tertiary/aromatic N) is 2. The number of carbonyl (C=O) groups excluding carboxylic acids is 1. The number of thiophene rings is 1. The molecule has 4 aromatic rings. The van der Waals surface area contributed by atoms with Gasteiger partial charge in [-0.25, -0.2) is 4.98 Å². The third kappa shape index (κ3) is 2.98. The fourth-order valence-electron chi connectivity index (χ4n) is 2.43. The molecule has 0 aliphatic heterocycles. The van der Waals surface area contributed by atoms with Crippen LogP contribution in [0.4, 0.5) is 5.69 Å². The predicted octanol–water partition coefficient (Wildman–Crippen LogP) is 5.08. The van der Waals surface area contributed by atoms with Crippen LogP contribution in [-0.4, -0.2) is 15.3 Å². The molecule has 0 saturated carbocycles. The Labute approximate surface area is 150 Å². The molecule has 0 unspecified atom stereocenters. The SMILES string of the molecule is O=C(Nc1ccc2nc(-c3ccc(Br)cc3)cn2c1)c1cccs1. The second-order valence-electron chi connectivity index (χ2n) is 5.25. The Hall–Kier alpha value is -2.44. The summed E-state index contributed by atoms with van der Waals surface area (Å²) in [6.45, 7) is 0. The summed E-state index contributed by atoms with van der Waals surface area (Å²) in [5, 5.41) is 4.80. The van der Waals surface area contributed by atoms with Gasteiger partial charge in [0.2, 0.25) is 0 Å². The quantitative estimate of drug-likeness (QED) is 0.523. The first-order valence-electron chi connectivity index (χ1n) is 7.28. The van der Waals surface area contributed by atoms with E-state index in [-0.39, 0.29) is 5.91 Å². The van der Waals surface area contributed by atoms with E-state index in [1.54, 1.807) is 6.07 Å². The van der Waals surface area contributed by atoms with E-state index in [1.807, 2.05) is 64.6 Å². The second kappa shape index (κ2) is 6.22. The number of aromatic nitrogens is 2. The Bertz CT molecular complexity index is 1010. The number of imidazole rings is 1. The molecule has 4 rings (SSSR count). The van der Waals surface area contributed by atoms with Crippen LogP contribution in [0.25, 0.3) is 16.9 Å². The number of halogens is 1. The zero-order chi connectivity index (χ0) is 16.5. The van der Waals surface area contributed by atoms with Crippen molar-refractivity contribution in [2.45, 2.75) is 0 Å². The molecule has 24 heavy (non-hydrogen) atoms. The zero-order valence-corrected chi connectivity index (χ0v) is 14.8. The monoisotopic (exact) mass is 397 g/mol. The summed E-state index contributed by atoms with van der Waals surface area (Å²) in [7, 11) is 0. The molecule has 6 heteroatoms. The predicted molar refractivity (Wildman–Crippen MR) is 101 cm³/mol. The van der Waals surface area contributed by atoms with E-state index in [1.165, 1.54) is 11.3 Å². The third-order valence-electron chi connectivity index (χ3n) is 3.59. The fraction of sp³-hybridized carbons (Fsp3) is 0. The minimum Gasteiger partial charge on any atom is -0.320 e. The van der Waals surface area contributed by atoms with Crippen LogP contribution in [0.3, 0.4) is 0 Å². The van der Waals surface area contributed by atoms with Crippen LogP contribution in [0.2, 0.25) is 0 Å². The van der Waals surface area contributed by atoms with Crippen LogP contribution in [0.5, 0.6) is 0 Å². The van der Waals surface area contributed by atoms with E-state index in [9.17, 15) is 4.79 Å². The molecule has 118 valence electrons. The van der Waals surface area contributed by atoms with E-state index < -0.39 is 0 Å². The van der Waals surface area contributed by atoms with Gasteiger partial charge in [0.25, 0.3) is 5.91 Å². The number of nitrogens with one attached hydrogen (secondary N) is 1. The number of hydrogen-bond acceptors (Lipinski definition) is 3. The maximum Gasteiger partial charge on any atom is 0.265 e. The highest BCUT2D eigenvalue weighted by molar-refractivity contribution is 9.10. The maximum atomic E-state index is 12.1. The van der Waals surface area contributed by atoms with Crippen molar-refractivity contribution in [1.29, 1.82) is 0 Å². The van der Waals surface area contributed by atoms with Gasteiger partial charge in [0, 0.05) is 22.4 Å². The van der Waals surface area contributed by atoms with Crippen molar-refractivity contribution in [3.63, 3.8) is 0 Å². The molecular formula is C18H12BrN3OS. The summed E-state index contributed by atoms with van der Waals surface area (Å²) in [6.07, 6.45) is 3.83. The summed E-state index contributed by atoms with van der Waals surface area (Å²) in [4.78, 5) is 17.5. The Kier molecular flexibility index (Phi) is 3.92. The summed E-state index contributed by atoms with van der Waals surface area (Å²) in [5.41, 5.74) is 3.51. The first-order valence-corrected chi connectivity index (χ1v) is 8.96. The number of amides is 1. The van der Waals surface area contributed by atoms with Gasteiger partial charge in [0.15, 0.2) is 0 Å². The maximum absolute atomic E-state index is 12.1. The van der Waals surface area contributed by atoms with Crippen molar-refractivity contribution in [2.24, 2.45) is 0 Å². The molecule has 1 N–H and O–H groups in total. The van der Waals surface area contributed by atoms with Gasteiger partial charge in [-0.1, -0.05) is 34.1 Å². The van der Waals surface area contributed by atoms with Gasteiger partial charge in [-0.2, -0.15) is 0 Å². The van der Waals surface area contributed by atoms with E-state index in [4.69, 9.17) is 0 Å². The highest BCUT2D eigenvalue weighted by Gasteiger charge is 2.09. The lowest BCUT2D eigenvalue weighted by molar-refractivity contribution is 0.103. The summed E-state index contributed by atoms with van der Waals surface area (Å²) in [6, 6.07) is 15.4. The van der Waals surface area contributed by atoms with E-state index >= 15 is 0 Å². The molecule has 0 atom stereocenters. The molecular weight excluding hydrogens is 386 g/mol. The fourth-order valence-corrected chi connectivity index (χ4v) is 3.31. The van der Waals surface area contributed by atoms with E-state index in [2.05, 4.69) is 26.2 Å². The lowest BCUT2D eigenvalue weighted by Gasteiger charge is -2.03. The highest BCUT2D eigenvalue weighted by Crippen LogP contribution is 2.22. The molecule has 0 spiro atoms. The first kappa shape index (κ1) is 15.1. The third-order valence-corrected chi connectivity index (χ3v) is 4.99. The number of rotatable bonds is 3.